The molecule has 4 rings (SSSR count). The first-order chi connectivity index (χ1) is 20.4. The third-order valence-electron chi connectivity index (χ3n) is 7.77. The summed E-state index contributed by atoms with van der Waals surface area (Å²) in [4.78, 5) is 43.5. The number of aromatic nitrogens is 1. The number of hydrogen-bond donors (Lipinski definition) is 3. The van der Waals surface area contributed by atoms with E-state index < -0.39 is 41.9 Å². The Hall–Kier alpha value is -3.70. The van der Waals surface area contributed by atoms with Gasteiger partial charge in [-0.25, -0.2) is 19.6 Å². The number of rotatable bonds is 11. The van der Waals surface area contributed by atoms with Crippen LogP contribution in [0, 0.1) is 5.92 Å². The van der Waals surface area contributed by atoms with Gasteiger partial charge in [-0.05, 0) is 70.1 Å². The molecule has 11 heteroatoms. The molecule has 43 heavy (non-hydrogen) atoms. The van der Waals surface area contributed by atoms with Crippen molar-refractivity contribution in [3.05, 3.63) is 66.0 Å². The fourth-order valence-electron chi connectivity index (χ4n) is 5.68. The number of alkyl carbamates (subject to hydrolysis) is 1. The zero-order chi connectivity index (χ0) is 31.1. The molecule has 1 aromatic heterocycles. The van der Waals surface area contributed by atoms with Gasteiger partial charge in [0.2, 0.25) is 5.91 Å². The number of hydrogen-bond acceptors (Lipinski definition) is 8. The average molecular weight is 596 g/mol. The van der Waals surface area contributed by atoms with Crippen molar-refractivity contribution in [2.45, 2.75) is 103 Å². The van der Waals surface area contributed by atoms with E-state index in [0.717, 1.165) is 24.8 Å². The van der Waals surface area contributed by atoms with Crippen LogP contribution in [0.4, 0.5) is 9.59 Å². The summed E-state index contributed by atoms with van der Waals surface area (Å²) in [5.41, 5.74) is 0.873. The number of pyridine rings is 1. The fourth-order valence-corrected chi connectivity index (χ4v) is 5.68. The number of nitrogens with zero attached hydrogens (tertiary/aromatic N) is 3. The highest BCUT2D eigenvalue weighted by Gasteiger charge is 2.49. The molecule has 2 bridgehead atoms. The van der Waals surface area contributed by atoms with E-state index in [0.29, 0.717) is 12.1 Å². The molecule has 1 saturated heterocycles. The Kier molecular flexibility index (Phi) is 10.6. The quantitative estimate of drug-likeness (QED) is 0.357. The summed E-state index contributed by atoms with van der Waals surface area (Å²) < 4.78 is 11.0. The molecule has 2 fully saturated rings. The molecule has 2 aromatic rings. The number of carbonyl (C=O) groups excluding carboxylic acids is 3. The van der Waals surface area contributed by atoms with Gasteiger partial charge in [-0.3, -0.25) is 9.78 Å². The van der Waals surface area contributed by atoms with Gasteiger partial charge in [-0.2, -0.15) is 0 Å². The van der Waals surface area contributed by atoms with Gasteiger partial charge in [0, 0.05) is 18.8 Å². The minimum atomic E-state index is -1.02. The van der Waals surface area contributed by atoms with Crippen molar-refractivity contribution in [3.63, 3.8) is 0 Å². The molecule has 0 radical (unpaired) electrons. The van der Waals surface area contributed by atoms with Gasteiger partial charge >= 0.3 is 12.2 Å². The van der Waals surface area contributed by atoms with Gasteiger partial charge in [-0.1, -0.05) is 50.2 Å². The van der Waals surface area contributed by atoms with Gasteiger partial charge in [0.1, 0.15) is 18.2 Å². The number of benzene rings is 1. The number of amides is 3. The molecule has 3 amide bonds. The van der Waals surface area contributed by atoms with Crippen LogP contribution < -0.4 is 10.6 Å². The molecule has 1 saturated carbocycles. The number of hydrazine groups is 1. The highest BCUT2D eigenvalue weighted by atomic mass is 16.6. The zero-order valence-electron chi connectivity index (χ0n) is 25.7. The van der Waals surface area contributed by atoms with E-state index in [1.807, 2.05) is 70.0 Å². The van der Waals surface area contributed by atoms with Crippen molar-refractivity contribution in [1.29, 1.82) is 0 Å². The van der Waals surface area contributed by atoms with Crippen LogP contribution in [0.15, 0.2) is 54.7 Å². The summed E-state index contributed by atoms with van der Waals surface area (Å²) in [5.74, 6) is -0.689. The topological polar surface area (TPSA) is 133 Å². The lowest BCUT2D eigenvalue weighted by atomic mass is 9.98. The second-order valence-electron chi connectivity index (χ2n) is 12.7. The molecule has 3 N–H and O–H groups in total. The maximum Gasteiger partial charge on any atom is 0.425 e. The highest BCUT2D eigenvalue weighted by Crippen LogP contribution is 2.38. The Morgan fingerprint density at radius 1 is 1.02 bits per heavy atom. The Bertz CT molecular complexity index is 1220. The third kappa shape index (κ3) is 8.90. The van der Waals surface area contributed by atoms with Crippen LogP contribution in [0.5, 0.6) is 0 Å². The van der Waals surface area contributed by atoms with Crippen LogP contribution in [0.3, 0.4) is 0 Å². The minimum absolute atomic E-state index is 0.0272. The second kappa shape index (κ2) is 14.2. The Morgan fingerprint density at radius 3 is 2.37 bits per heavy atom. The molecule has 1 aromatic carbocycles. The van der Waals surface area contributed by atoms with E-state index in [4.69, 9.17) is 9.47 Å². The molecule has 3 unspecified atom stereocenters. The predicted molar refractivity (Wildman–Crippen MR) is 160 cm³/mol. The Balaban J connectivity index is 1.46. The van der Waals surface area contributed by atoms with Crippen molar-refractivity contribution >= 4 is 18.1 Å². The second-order valence-corrected chi connectivity index (χ2v) is 12.7. The van der Waals surface area contributed by atoms with Crippen molar-refractivity contribution in [2.24, 2.45) is 5.92 Å². The molecule has 2 aliphatic rings. The first kappa shape index (κ1) is 32.2. The largest absolute Gasteiger partial charge is 0.443 e. The third-order valence-corrected chi connectivity index (χ3v) is 7.77. The number of nitrogens with one attached hydrogen (secondary N) is 2. The molecule has 0 spiro atoms. The lowest BCUT2D eigenvalue weighted by molar-refractivity contribution is -0.126. The Morgan fingerprint density at radius 2 is 1.72 bits per heavy atom. The molecular weight excluding hydrogens is 550 g/mol. The first-order valence-electron chi connectivity index (χ1n) is 15.1. The van der Waals surface area contributed by atoms with E-state index in [-0.39, 0.29) is 31.2 Å². The predicted octanol–water partition coefficient (Wildman–Crippen LogP) is 3.81. The smallest absolute Gasteiger partial charge is 0.425 e. The molecular formula is C32H45N5O6. The Labute approximate surface area is 253 Å². The fraction of sp³-hybridized carbons (Fsp3) is 0.562. The average Bonchev–Trinajstić information content (AvgIpc) is 3.56. The van der Waals surface area contributed by atoms with E-state index in [1.54, 1.807) is 29.4 Å². The summed E-state index contributed by atoms with van der Waals surface area (Å²) in [7, 11) is 0. The first-order valence-corrected chi connectivity index (χ1v) is 15.1. The summed E-state index contributed by atoms with van der Waals surface area (Å²) in [6, 6.07) is 13.4. The molecule has 1 aliphatic carbocycles. The van der Waals surface area contributed by atoms with Crippen molar-refractivity contribution in [1.82, 2.24) is 25.6 Å². The number of β-amino-alcohol motifs (C(OH)–C–C–N with tert-alkyl or cyclic N) is 1. The number of ether oxygens (including phenoxy) is 2. The lowest BCUT2D eigenvalue weighted by Gasteiger charge is -2.40. The normalized spacial score (nSPS) is 20.4. The van der Waals surface area contributed by atoms with Gasteiger partial charge in [0.05, 0.1) is 23.9 Å². The molecule has 11 nitrogen and oxygen atoms in total. The van der Waals surface area contributed by atoms with Crippen LogP contribution in [0.25, 0.3) is 0 Å². The summed E-state index contributed by atoms with van der Waals surface area (Å²) >= 11 is 0. The maximum atomic E-state index is 13.6. The lowest BCUT2D eigenvalue weighted by Crippen LogP contribution is -2.59. The van der Waals surface area contributed by atoms with E-state index in [1.165, 1.54) is 0 Å². The molecule has 5 atom stereocenters. The molecule has 234 valence electrons. The van der Waals surface area contributed by atoms with Crippen LogP contribution in [0.2, 0.25) is 0 Å². The van der Waals surface area contributed by atoms with Crippen molar-refractivity contribution in [3.8, 4) is 0 Å². The molecule has 2 heterocycles. The van der Waals surface area contributed by atoms with E-state index in [2.05, 4.69) is 15.6 Å². The van der Waals surface area contributed by atoms with Crippen LogP contribution >= 0.6 is 0 Å². The highest BCUT2D eigenvalue weighted by molar-refractivity contribution is 5.86. The van der Waals surface area contributed by atoms with Crippen LogP contribution in [-0.4, -0.2) is 80.6 Å². The van der Waals surface area contributed by atoms with E-state index >= 15 is 0 Å². The maximum absolute atomic E-state index is 13.6. The number of aliphatic hydroxyl groups excluding tert-OH is 1. The SMILES string of the molecule is CC(C)[C@H](NC(=O)OCc1ccccn1)C(=O)N[C@@H](Cc1ccccc1)C(O)CN1C2CCC(C2)N1C(=O)OC(C)(C)C. The van der Waals surface area contributed by atoms with Gasteiger partial charge in [0.25, 0.3) is 0 Å². The van der Waals surface area contributed by atoms with Gasteiger partial charge < -0.3 is 25.2 Å². The summed E-state index contributed by atoms with van der Waals surface area (Å²) in [5, 5.41) is 20.8. The number of fused-ring (bicyclic) bond motifs is 2. The van der Waals surface area contributed by atoms with E-state index in [9.17, 15) is 19.5 Å². The summed E-state index contributed by atoms with van der Waals surface area (Å²) in [6.07, 6.45) is 2.42. The monoisotopic (exact) mass is 595 g/mol. The minimum Gasteiger partial charge on any atom is -0.443 e. The molecule has 1 aliphatic heterocycles. The van der Waals surface area contributed by atoms with Crippen molar-refractivity contribution < 1.29 is 29.0 Å². The number of carbonyl (C=O) groups is 3. The number of aliphatic hydroxyl groups is 1. The van der Waals surface area contributed by atoms with Crippen LogP contribution in [0.1, 0.15) is 65.1 Å². The van der Waals surface area contributed by atoms with Crippen LogP contribution in [-0.2, 0) is 27.3 Å². The standard InChI is InChI=1S/C32H45N5O6/c1-21(2)28(35-30(40)42-20-23-13-9-10-16-33-23)29(39)34-26(17-22-11-7-6-8-12-22)27(38)19-36-24-14-15-25(18-24)37(36)31(41)43-32(3,4)5/h6-13,16,21,24-28,38H,14-15,17-20H2,1-5H3,(H,34,39)(H,35,40)/t24?,25?,26-,27?,28-/m0/s1. The summed E-state index contributed by atoms with van der Waals surface area (Å²) in [6.45, 7) is 9.26. The van der Waals surface area contributed by atoms with Gasteiger partial charge in [-0.15, -0.1) is 0 Å². The van der Waals surface area contributed by atoms with Crippen molar-refractivity contribution in [2.75, 3.05) is 6.54 Å². The van der Waals surface area contributed by atoms with Gasteiger partial charge in [0.15, 0.2) is 0 Å². The zero-order valence-corrected chi connectivity index (χ0v) is 25.7.